The maximum atomic E-state index is 11.0. The second-order valence-corrected chi connectivity index (χ2v) is 5.80. The third-order valence-electron chi connectivity index (χ3n) is 3.10. The van der Waals surface area contributed by atoms with Crippen molar-refractivity contribution in [3.8, 4) is 11.5 Å². The lowest BCUT2D eigenvalue weighted by atomic mass is 10.1. The van der Waals surface area contributed by atoms with E-state index >= 15 is 0 Å². The number of phenolic OH excluding ortho intramolecular Hbond substituents is 1. The third-order valence-corrected chi connectivity index (χ3v) is 4.41. The first-order valence-electron chi connectivity index (χ1n) is 6.51. The minimum absolute atomic E-state index is 0.0844. The molecule has 7 heteroatoms. The maximum Gasteiger partial charge on any atom is 0.220 e. The highest BCUT2D eigenvalue weighted by Gasteiger charge is 2.24. The van der Waals surface area contributed by atoms with Crippen molar-refractivity contribution in [1.82, 2.24) is 0 Å². The van der Waals surface area contributed by atoms with Crippen LogP contribution in [0.2, 0.25) is 0 Å². The van der Waals surface area contributed by atoms with Gasteiger partial charge in [0.05, 0.1) is 7.11 Å². The average molecular weight is 320 g/mol. The van der Waals surface area contributed by atoms with Crippen molar-refractivity contribution in [2.24, 2.45) is 0 Å². The van der Waals surface area contributed by atoms with Crippen LogP contribution < -0.4 is 10.5 Å². The Bertz CT molecular complexity index is 678. The van der Waals surface area contributed by atoms with E-state index in [2.05, 4.69) is 0 Å². The van der Waals surface area contributed by atoms with Crippen LogP contribution in [0.4, 0.5) is 5.69 Å². The van der Waals surface area contributed by atoms with Crippen LogP contribution in [0.15, 0.2) is 47.4 Å². The van der Waals surface area contributed by atoms with E-state index in [-0.39, 0.29) is 18.0 Å². The number of nitrogens with two attached hydrogens (primary N) is 1. The molecule has 0 bridgehead atoms. The molecule has 0 heterocycles. The quantitative estimate of drug-likeness (QED) is 0.367. The van der Waals surface area contributed by atoms with Gasteiger partial charge in [0.2, 0.25) is 6.54 Å². The topological polar surface area (TPSA) is 98.6 Å². The van der Waals surface area contributed by atoms with Gasteiger partial charge in [-0.1, -0.05) is 24.3 Å². The molecule has 6 nitrogen and oxygen atoms in total. The number of hydrogen-bond donors (Lipinski definition) is 2. The predicted molar refractivity (Wildman–Crippen MR) is 86.0 cm³/mol. The van der Waals surface area contributed by atoms with Crippen molar-refractivity contribution in [2.75, 3.05) is 19.4 Å². The molecule has 0 unspecified atom stereocenters. The number of benzene rings is 2. The first-order chi connectivity index (χ1) is 10.5. The van der Waals surface area contributed by atoms with Crippen LogP contribution in [0.5, 0.6) is 11.5 Å². The fourth-order valence-electron chi connectivity index (χ4n) is 2.04. The number of ether oxygens (including phenoxy) is 1. The number of rotatable bonds is 6. The van der Waals surface area contributed by atoms with Gasteiger partial charge < -0.3 is 15.6 Å². The van der Waals surface area contributed by atoms with E-state index < -0.39 is 10.2 Å². The van der Waals surface area contributed by atoms with Crippen molar-refractivity contribution in [3.63, 3.8) is 0 Å². The Labute approximate surface area is 132 Å². The molecular weight excluding hydrogens is 304 g/mol. The zero-order valence-electron chi connectivity index (χ0n) is 11.9. The zero-order chi connectivity index (χ0) is 16.1. The van der Waals surface area contributed by atoms with Crippen LogP contribution in [0, 0.1) is 10.1 Å². The molecule has 0 spiro atoms. The Morgan fingerprint density at radius 2 is 2.05 bits per heavy atom. The average Bonchev–Trinajstić information content (AvgIpc) is 2.48. The summed E-state index contributed by atoms with van der Waals surface area (Å²) in [5, 5.41) is 20.6. The van der Waals surface area contributed by atoms with Gasteiger partial charge in [-0.15, -0.1) is 11.8 Å². The van der Waals surface area contributed by atoms with Gasteiger partial charge >= 0.3 is 0 Å². The van der Waals surface area contributed by atoms with Gasteiger partial charge in [-0.2, -0.15) is 0 Å². The zero-order valence-corrected chi connectivity index (χ0v) is 12.7. The molecule has 0 aliphatic rings. The Hall–Kier alpha value is -2.41. The van der Waals surface area contributed by atoms with Gasteiger partial charge in [-0.25, -0.2) is 0 Å². The van der Waals surface area contributed by atoms with Crippen LogP contribution in [0.3, 0.4) is 0 Å². The van der Waals surface area contributed by atoms with E-state index in [4.69, 9.17) is 10.5 Å². The highest BCUT2D eigenvalue weighted by molar-refractivity contribution is 7.99. The summed E-state index contributed by atoms with van der Waals surface area (Å²) in [6, 6.07) is 12.1. The molecule has 0 saturated carbocycles. The molecule has 2 aromatic carbocycles. The number of phenols is 1. The van der Waals surface area contributed by atoms with Crippen molar-refractivity contribution in [1.29, 1.82) is 0 Å². The lowest BCUT2D eigenvalue weighted by Crippen LogP contribution is -2.10. The van der Waals surface area contributed by atoms with Crippen molar-refractivity contribution in [3.05, 3.63) is 58.1 Å². The third kappa shape index (κ3) is 3.62. The highest BCUT2D eigenvalue weighted by Crippen LogP contribution is 2.43. The summed E-state index contributed by atoms with van der Waals surface area (Å²) in [4.78, 5) is 11.3. The summed E-state index contributed by atoms with van der Waals surface area (Å²) in [6.07, 6.45) is 0. The molecule has 3 N–H and O–H groups in total. The largest absolute Gasteiger partial charge is 0.504 e. The fraction of sp³-hybridized carbons (Fsp3) is 0.200. The Kier molecular flexibility index (Phi) is 5.11. The Morgan fingerprint density at radius 1 is 1.32 bits per heavy atom. The number of nitrogens with zero attached hydrogens (tertiary/aromatic N) is 1. The van der Waals surface area contributed by atoms with Crippen LogP contribution >= 0.6 is 11.8 Å². The lowest BCUT2D eigenvalue weighted by molar-refractivity contribution is -0.479. The number of nitrogen functional groups attached to an aromatic ring is 1. The Balaban J connectivity index is 2.38. The summed E-state index contributed by atoms with van der Waals surface area (Å²) in [7, 11) is 1.43. The molecule has 0 amide bonds. The fourth-order valence-corrected chi connectivity index (χ4v) is 3.22. The molecule has 0 aromatic heterocycles. The van der Waals surface area contributed by atoms with E-state index in [1.54, 1.807) is 36.4 Å². The predicted octanol–water partition coefficient (Wildman–Crippen LogP) is 3.09. The van der Waals surface area contributed by atoms with Gasteiger partial charge in [0.15, 0.2) is 11.5 Å². The van der Waals surface area contributed by atoms with E-state index in [1.807, 2.05) is 6.07 Å². The first kappa shape index (κ1) is 16.0. The molecule has 0 saturated heterocycles. The number of hydrogen-bond acceptors (Lipinski definition) is 6. The second kappa shape index (κ2) is 7.04. The molecule has 0 radical (unpaired) electrons. The second-order valence-electron chi connectivity index (χ2n) is 4.56. The molecule has 0 aliphatic heterocycles. The van der Waals surface area contributed by atoms with Crippen molar-refractivity contribution >= 4 is 17.4 Å². The van der Waals surface area contributed by atoms with Gasteiger partial charge in [0.1, 0.15) is 5.25 Å². The molecule has 0 aliphatic carbocycles. The standard InChI is InChI=1S/C15H16N2O4S/c1-21-12-7-4-5-10(15(12)18)14(9-17(19)20)22-13-8-3-2-6-11(13)16/h2-8,14,18H,9,16H2,1H3/t14-/m1/s1. The Morgan fingerprint density at radius 3 is 2.68 bits per heavy atom. The number of anilines is 1. The molecule has 2 aromatic rings. The smallest absolute Gasteiger partial charge is 0.220 e. The van der Waals surface area contributed by atoms with Crippen molar-refractivity contribution in [2.45, 2.75) is 10.1 Å². The van der Waals surface area contributed by atoms with Gasteiger partial charge in [0.25, 0.3) is 0 Å². The highest BCUT2D eigenvalue weighted by atomic mass is 32.2. The lowest BCUT2D eigenvalue weighted by Gasteiger charge is -2.17. The van der Waals surface area contributed by atoms with Gasteiger partial charge in [0, 0.05) is 21.1 Å². The SMILES string of the molecule is COc1cccc([C@@H](C[N+](=O)[O-])Sc2ccccc2N)c1O. The number of aromatic hydroxyl groups is 1. The van der Waals surface area contributed by atoms with E-state index in [0.29, 0.717) is 11.3 Å². The van der Waals surface area contributed by atoms with Crippen LogP contribution in [0.1, 0.15) is 10.8 Å². The molecular formula is C15H16N2O4S. The van der Waals surface area contributed by atoms with Gasteiger partial charge in [-0.05, 0) is 18.2 Å². The minimum atomic E-state index is -0.574. The molecule has 1 atom stereocenters. The molecule has 22 heavy (non-hydrogen) atoms. The summed E-state index contributed by atoms with van der Waals surface area (Å²) in [5.41, 5.74) is 6.89. The first-order valence-corrected chi connectivity index (χ1v) is 7.39. The minimum Gasteiger partial charge on any atom is -0.504 e. The molecule has 116 valence electrons. The molecule has 2 rings (SSSR count). The van der Waals surface area contributed by atoms with E-state index in [1.165, 1.54) is 18.9 Å². The number of methoxy groups -OCH3 is 1. The number of para-hydroxylation sites is 2. The van der Waals surface area contributed by atoms with Crippen LogP contribution in [-0.4, -0.2) is 23.7 Å². The van der Waals surface area contributed by atoms with Crippen molar-refractivity contribution < 1.29 is 14.8 Å². The maximum absolute atomic E-state index is 11.0. The summed E-state index contributed by atoms with van der Waals surface area (Å²) >= 11 is 1.25. The summed E-state index contributed by atoms with van der Waals surface area (Å²) < 4.78 is 5.06. The van der Waals surface area contributed by atoms with E-state index in [0.717, 1.165) is 4.90 Å². The number of nitro groups is 1. The van der Waals surface area contributed by atoms with Crippen LogP contribution in [0.25, 0.3) is 0 Å². The number of thioether (sulfide) groups is 1. The summed E-state index contributed by atoms with van der Waals surface area (Å²) in [6.45, 7) is -0.334. The molecule has 0 fully saturated rings. The summed E-state index contributed by atoms with van der Waals surface area (Å²) in [5.74, 6) is 0.200. The van der Waals surface area contributed by atoms with Crippen LogP contribution in [-0.2, 0) is 0 Å². The van der Waals surface area contributed by atoms with Gasteiger partial charge in [-0.3, -0.25) is 10.1 Å². The monoisotopic (exact) mass is 320 g/mol. The normalized spacial score (nSPS) is 11.9. The van der Waals surface area contributed by atoms with E-state index in [9.17, 15) is 15.2 Å².